The fourth-order valence-corrected chi connectivity index (χ4v) is 0.383. The van der Waals surface area contributed by atoms with Crippen molar-refractivity contribution >= 4 is 23.4 Å². The van der Waals surface area contributed by atoms with Crippen LogP contribution in [0.2, 0.25) is 0 Å². The summed E-state index contributed by atoms with van der Waals surface area (Å²) in [6.45, 7) is 0.0747. The molecule has 0 aliphatic carbocycles. The van der Waals surface area contributed by atoms with Gasteiger partial charge in [-0.3, -0.25) is 5.43 Å². The van der Waals surface area contributed by atoms with Crippen LogP contribution in [0, 0.1) is 0 Å². The molecule has 11 heavy (non-hydrogen) atoms. The highest BCUT2D eigenvalue weighted by molar-refractivity contribution is 7.80. The first-order valence-electron chi connectivity index (χ1n) is 2.87. The molecule has 0 saturated carbocycles. The van der Waals surface area contributed by atoms with E-state index in [9.17, 15) is 4.79 Å². The van der Waals surface area contributed by atoms with E-state index in [4.69, 9.17) is 10.8 Å². The van der Waals surface area contributed by atoms with Gasteiger partial charge in [-0.25, -0.2) is 10.2 Å². The third-order valence-corrected chi connectivity index (χ3v) is 0.799. The summed E-state index contributed by atoms with van der Waals surface area (Å²) in [7, 11) is 0. The number of rotatable bonds is 2. The van der Waals surface area contributed by atoms with Crippen LogP contribution >= 0.6 is 12.2 Å². The number of nitrogens with two attached hydrogens (primary N) is 1. The molecule has 0 fully saturated rings. The topological polar surface area (TPSA) is 99.4 Å². The average Bonchev–Trinajstić information content (AvgIpc) is 1.97. The quantitative estimate of drug-likeness (QED) is 0.249. The lowest BCUT2D eigenvalue weighted by Gasteiger charge is -2.06. The van der Waals surface area contributed by atoms with Gasteiger partial charge in [0, 0.05) is 6.54 Å². The van der Waals surface area contributed by atoms with Gasteiger partial charge in [0.2, 0.25) is 0 Å². The van der Waals surface area contributed by atoms with E-state index in [1.165, 1.54) is 0 Å². The van der Waals surface area contributed by atoms with Crippen molar-refractivity contribution in [1.82, 2.24) is 16.2 Å². The average molecular weight is 178 g/mol. The third-order valence-electron chi connectivity index (χ3n) is 0.697. The summed E-state index contributed by atoms with van der Waals surface area (Å²) < 4.78 is 0. The summed E-state index contributed by atoms with van der Waals surface area (Å²) in [6.07, 6.45) is 0. The van der Waals surface area contributed by atoms with E-state index in [0.29, 0.717) is 0 Å². The van der Waals surface area contributed by atoms with Crippen molar-refractivity contribution in [2.45, 2.75) is 0 Å². The standard InChI is InChI=1S/C4H10N4O2S/c5-3(11)7-8-4(10)6-1-2-9/h9H,1-2H2,(H3,5,7,11)(H2,6,8,10). The zero-order valence-electron chi connectivity index (χ0n) is 5.76. The molecular formula is C4H10N4O2S. The minimum atomic E-state index is -0.494. The molecule has 0 unspecified atom stereocenters. The Balaban J connectivity index is 3.30. The van der Waals surface area contributed by atoms with Crippen LogP contribution in [0.5, 0.6) is 0 Å². The molecular weight excluding hydrogens is 168 g/mol. The fraction of sp³-hybridized carbons (Fsp3) is 0.500. The molecule has 64 valence electrons. The van der Waals surface area contributed by atoms with E-state index < -0.39 is 6.03 Å². The zero-order chi connectivity index (χ0) is 8.69. The maximum absolute atomic E-state index is 10.6. The third kappa shape index (κ3) is 6.81. The van der Waals surface area contributed by atoms with E-state index in [1.807, 2.05) is 0 Å². The number of hydrogen-bond acceptors (Lipinski definition) is 3. The molecule has 0 heterocycles. The molecule has 6 nitrogen and oxygen atoms in total. The van der Waals surface area contributed by atoms with Crippen LogP contribution in [0.15, 0.2) is 0 Å². The van der Waals surface area contributed by atoms with Gasteiger partial charge in [-0.2, -0.15) is 0 Å². The monoisotopic (exact) mass is 178 g/mol. The highest BCUT2D eigenvalue weighted by Crippen LogP contribution is 1.60. The maximum atomic E-state index is 10.6. The largest absolute Gasteiger partial charge is 0.395 e. The first-order valence-corrected chi connectivity index (χ1v) is 3.27. The second-order valence-corrected chi connectivity index (χ2v) is 2.03. The minimum absolute atomic E-state index is 0.0239. The van der Waals surface area contributed by atoms with Gasteiger partial charge in [-0.1, -0.05) is 0 Å². The number of aliphatic hydroxyl groups excluding tert-OH is 1. The molecule has 0 aromatic heterocycles. The molecule has 0 aliphatic rings. The van der Waals surface area contributed by atoms with Crippen molar-refractivity contribution in [2.75, 3.05) is 13.2 Å². The fourth-order valence-electron chi connectivity index (χ4n) is 0.332. The first-order chi connectivity index (χ1) is 5.16. The van der Waals surface area contributed by atoms with Crippen molar-refractivity contribution in [3.05, 3.63) is 0 Å². The first kappa shape index (κ1) is 9.92. The van der Waals surface area contributed by atoms with Crippen LogP contribution in [0.1, 0.15) is 0 Å². The van der Waals surface area contributed by atoms with Crippen molar-refractivity contribution in [3.8, 4) is 0 Å². The number of hydrogen-bond donors (Lipinski definition) is 5. The molecule has 2 amide bonds. The van der Waals surface area contributed by atoms with E-state index in [-0.39, 0.29) is 18.3 Å². The number of aliphatic hydroxyl groups is 1. The molecule has 0 aromatic carbocycles. The van der Waals surface area contributed by atoms with Gasteiger partial charge >= 0.3 is 6.03 Å². The van der Waals surface area contributed by atoms with Crippen molar-refractivity contribution in [2.24, 2.45) is 5.73 Å². The number of urea groups is 1. The number of carbonyl (C=O) groups is 1. The van der Waals surface area contributed by atoms with Crippen LogP contribution in [0.3, 0.4) is 0 Å². The number of carbonyl (C=O) groups excluding carboxylic acids is 1. The molecule has 0 bridgehead atoms. The van der Waals surface area contributed by atoms with Gasteiger partial charge in [0.15, 0.2) is 5.11 Å². The Hall–Kier alpha value is -1.08. The van der Waals surface area contributed by atoms with E-state index in [1.54, 1.807) is 0 Å². The van der Waals surface area contributed by atoms with Crippen LogP contribution in [0.4, 0.5) is 4.79 Å². The van der Waals surface area contributed by atoms with Crippen LogP contribution < -0.4 is 21.9 Å². The predicted molar refractivity (Wildman–Crippen MR) is 43.5 cm³/mol. The zero-order valence-corrected chi connectivity index (χ0v) is 6.57. The Morgan fingerprint density at radius 3 is 2.64 bits per heavy atom. The SMILES string of the molecule is NC(=S)NNC(=O)NCCO. The van der Waals surface area contributed by atoms with Gasteiger partial charge in [-0.05, 0) is 12.2 Å². The lowest BCUT2D eigenvalue weighted by Crippen LogP contribution is -2.49. The molecule has 6 N–H and O–H groups in total. The highest BCUT2D eigenvalue weighted by Gasteiger charge is 1.95. The minimum Gasteiger partial charge on any atom is -0.395 e. The van der Waals surface area contributed by atoms with Gasteiger partial charge in [-0.15, -0.1) is 0 Å². The second kappa shape index (κ2) is 5.69. The summed E-state index contributed by atoms with van der Waals surface area (Å²) in [5, 5.41) is 10.6. The Kier molecular flexibility index (Phi) is 5.13. The Morgan fingerprint density at radius 1 is 1.55 bits per heavy atom. The molecule has 0 atom stereocenters. The van der Waals surface area contributed by atoms with Gasteiger partial charge < -0.3 is 16.2 Å². The smallest absolute Gasteiger partial charge is 0.333 e. The molecule has 0 radical (unpaired) electrons. The predicted octanol–water partition coefficient (Wildman–Crippen LogP) is -1.97. The van der Waals surface area contributed by atoms with E-state index >= 15 is 0 Å². The summed E-state index contributed by atoms with van der Waals surface area (Å²) in [6, 6.07) is -0.494. The summed E-state index contributed by atoms with van der Waals surface area (Å²) >= 11 is 4.40. The maximum Gasteiger partial charge on any atom is 0.333 e. The van der Waals surface area contributed by atoms with Gasteiger partial charge in [0.25, 0.3) is 0 Å². The molecule has 7 heteroatoms. The Morgan fingerprint density at radius 2 is 2.18 bits per heavy atom. The number of thiocarbonyl (C=S) groups is 1. The molecule has 0 aliphatic heterocycles. The van der Waals surface area contributed by atoms with E-state index in [2.05, 4.69) is 28.4 Å². The number of hydrazine groups is 1. The highest BCUT2D eigenvalue weighted by atomic mass is 32.1. The summed E-state index contributed by atoms with van der Waals surface area (Å²) in [5.74, 6) is 0. The van der Waals surface area contributed by atoms with Crippen molar-refractivity contribution in [3.63, 3.8) is 0 Å². The van der Waals surface area contributed by atoms with Crippen LogP contribution in [-0.2, 0) is 0 Å². The Labute approximate surface area is 69.1 Å². The molecule has 0 rings (SSSR count). The lowest BCUT2D eigenvalue weighted by molar-refractivity contribution is 0.232. The molecule has 0 aromatic rings. The van der Waals surface area contributed by atoms with Gasteiger partial charge in [0.05, 0.1) is 6.61 Å². The van der Waals surface area contributed by atoms with Crippen LogP contribution in [-0.4, -0.2) is 29.4 Å². The molecule has 0 spiro atoms. The molecule has 0 saturated heterocycles. The van der Waals surface area contributed by atoms with Crippen molar-refractivity contribution in [1.29, 1.82) is 0 Å². The summed E-state index contributed by atoms with van der Waals surface area (Å²) in [5.41, 5.74) is 9.36. The van der Waals surface area contributed by atoms with Crippen molar-refractivity contribution < 1.29 is 9.90 Å². The van der Waals surface area contributed by atoms with Gasteiger partial charge in [0.1, 0.15) is 0 Å². The second-order valence-electron chi connectivity index (χ2n) is 1.59. The van der Waals surface area contributed by atoms with E-state index in [0.717, 1.165) is 0 Å². The lowest BCUT2D eigenvalue weighted by atomic mass is 10.7. The number of nitrogens with one attached hydrogen (secondary N) is 3. The summed E-state index contributed by atoms with van der Waals surface area (Å²) in [4.78, 5) is 10.6. The van der Waals surface area contributed by atoms with Crippen LogP contribution in [0.25, 0.3) is 0 Å². The number of amides is 2. The normalized spacial score (nSPS) is 8.45. The Bertz CT molecular complexity index is 151.